The fourth-order valence-corrected chi connectivity index (χ4v) is 2.68. The zero-order valence-electron chi connectivity index (χ0n) is 15.8. The van der Waals surface area contributed by atoms with E-state index >= 15 is 0 Å². The van der Waals surface area contributed by atoms with Crippen LogP contribution in [0.4, 0.5) is 0 Å². The molecule has 0 saturated heterocycles. The fraction of sp³-hybridized carbons (Fsp3) is 0.500. The van der Waals surface area contributed by atoms with Crippen molar-refractivity contribution in [2.24, 2.45) is 5.92 Å². The summed E-state index contributed by atoms with van der Waals surface area (Å²) in [6.07, 6.45) is 3.12. The second kappa shape index (κ2) is 7.83. The maximum absolute atomic E-state index is 12.8. The Hall–Kier alpha value is -2.14. The summed E-state index contributed by atoms with van der Waals surface area (Å²) in [7, 11) is 0. The van der Waals surface area contributed by atoms with E-state index in [0.717, 1.165) is 5.57 Å². The van der Waals surface area contributed by atoms with E-state index in [-0.39, 0.29) is 24.3 Å². The Labute approximate surface area is 149 Å². The van der Waals surface area contributed by atoms with Gasteiger partial charge >= 0.3 is 0 Å². The maximum atomic E-state index is 12.8. The molecule has 0 bridgehead atoms. The highest BCUT2D eigenvalue weighted by Gasteiger charge is 2.48. The van der Waals surface area contributed by atoms with Gasteiger partial charge in [-0.15, -0.1) is 0 Å². The molecule has 0 aromatic rings. The number of ketones is 2. The molecule has 0 saturated carbocycles. The van der Waals surface area contributed by atoms with Crippen molar-refractivity contribution in [3.05, 3.63) is 46.0 Å². The van der Waals surface area contributed by atoms with Crippen molar-refractivity contribution >= 4 is 11.6 Å². The zero-order valence-corrected chi connectivity index (χ0v) is 15.8. The topological polar surface area (TPSA) is 94.8 Å². The fourth-order valence-electron chi connectivity index (χ4n) is 2.68. The molecule has 0 spiro atoms. The molecule has 138 valence electrons. The van der Waals surface area contributed by atoms with Gasteiger partial charge in [0.2, 0.25) is 11.4 Å². The molecule has 1 aliphatic carbocycles. The summed E-state index contributed by atoms with van der Waals surface area (Å²) in [6.45, 7) is 10.7. The lowest BCUT2D eigenvalue weighted by atomic mass is 9.77. The van der Waals surface area contributed by atoms with Crippen LogP contribution in [-0.2, 0) is 9.59 Å². The second-order valence-corrected chi connectivity index (χ2v) is 7.37. The van der Waals surface area contributed by atoms with Crippen molar-refractivity contribution < 1.29 is 24.9 Å². The van der Waals surface area contributed by atoms with E-state index in [1.165, 1.54) is 6.08 Å². The molecule has 1 atom stereocenters. The minimum Gasteiger partial charge on any atom is -0.508 e. The molecule has 0 fully saturated rings. The number of carbonyl (C=O) groups excluding carboxylic acids is 2. The van der Waals surface area contributed by atoms with Crippen LogP contribution in [0.1, 0.15) is 54.4 Å². The number of aliphatic hydroxyl groups is 3. The van der Waals surface area contributed by atoms with Crippen molar-refractivity contribution in [1.29, 1.82) is 0 Å². The quantitative estimate of drug-likeness (QED) is 0.500. The van der Waals surface area contributed by atoms with Gasteiger partial charge in [0.05, 0.1) is 0 Å². The van der Waals surface area contributed by atoms with Crippen molar-refractivity contribution in [3.63, 3.8) is 0 Å². The molecule has 5 heteroatoms. The largest absolute Gasteiger partial charge is 0.508 e. The van der Waals surface area contributed by atoms with Crippen LogP contribution in [0.15, 0.2) is 46.0 Å². The Balaban J connectivity index is 3.64. The van der Waals surface area contributed by atoms with Gasteiger partial charge in [0, 0.05) is 12.0 Å². The van der Waals surface area contributed by atoms with Gasteiger partial charge in [-0.1, -0.05) is 31.1 Å². The molecule has 25 heavy (non-hydrogen) atoms. The van der Waals surface area contributed by atoms with Crippen LogP contribution < -0.4 is 0 Å². The lowest BCUT2D eigenvalue weighted by molar-refractivity contribution is -0.131. The third-order valence-corrected chi connectivity index (χ3v) is 3.83. The summed E-state index contributed by atoms with van der Waals surface area (Å²) in [5.41, 5.74) is -1.25. The second-order valence-electron chi connectivity index (χ2n) is 7.37. The average molecular weight is 348 g/mol. The van der Waals surface area contributed by atoms with E-state index in [0.29, 0.717) is 5.57 Å². The monoisotopic (exact) mass is 348 g/mol. The number of rotatable bonds is 6. The Morgan fingerprint density at radius 1 is 1.12 bits per heavy atom. The molecular formula is C20H28O5. The van der Waals surface area contributed by atoms with Crippen molar-refractivity contribution in [2.45, 2.75) is 60.0 Å². The van der Waals surface area contributed by atoms with Crippen molar-refractivity contribution in [1.82, 2.24) is 0 Å². The predicted molar refractivity (Wildman–Crippen MR) is 97.2 cm³/mol. The summed E-state index contributed by atoms with van der Waals surface area (Å²) in [5, 5.41) is 31.8. The molecule has 0 amide bonds. The number of hydrogen-bond acceptors (Lipinski definition) is 5. The van der Waals surface area contributed by atoms with E-state index in [2.05, 4.69) is 0 Å². The number of allylic oxidation sites excluding steroid dienone is 4. The van der Waals surface area contributed by atoms with E-state index < -0.39 is 34.3 Å². The predicted octanol–water partition coefficient (Wildman–Crippen LogP) is 3.86. The molecule has 0 heterocycles. The normalized spacial score (nSPS) is 20.9. The van der Waals surface area contributed by atoms with E-state index in [1.807, 2.05) is 27.7 Å². The van der Waals surface area contributed by atoms with Crippen LogP contribution >= 0.6 is 0 Å². The van der Waals surface area contributed by atoms with Crippen LogP contribution in [0.5, 0.6) is 0 Å². The Bertz CT molecular complexity index is 696. The molecule has 0 radical (unpaired) electrons. The molecule has 5 nitrogen and oxygen atoms in total. The van der Waals surface area contributed by atoms with Crippen LogP contribution in [0, 0.1) is 5.92 Å². The van der Waals surface area contributed by atoms with Gasteiger partial charge in [0.15, 0.2) is 5.78 Å². The van der Waals surface area contributed by atoms with Crippen LogP contribution in [0.25, 0.3) is 0 Å². The van der Waals surface area contributed by atoms with Gasteiger partial charge in [0.1, 0.15) is 17.1 Å². The first-order valence-electron chi connectivity index (χ1n) is 8.37. The third kappa shape index (κ3) is 4.48. The summed E-state index contributed by atoms with van der Waals surface area (Å²) in [4.78, 5) is 25.3. The minimum absolute atomic E-state index is 0.00657. The molecule has 3 N–H and O–H groups in total. The van der Waals surface area contributed by atoms with Gasteiger partial charge in [0.25, 0.3) is 0 Å². The summed E-state index contributed by atoms with van der Waals surface area (Å²) >= 11 is 0. The van der Waals surface area contributed by atoms with Gasteiger partial charge in [-0.25, -0.2) is 0 Å². The lowest BCUT2D eigenvalue weighted by Gasteiger charge is -2.31. The molecule has 1 rings (SSSR count). The van der Waals surface area contributed by atoms with Crippen molar-refractivity contribution in [3.8, 4) is 0 Å². The lowest BCUT2D eigenvalue weighted by Crippen LogP contribution is -2.45. The summed E-state index contributed by atoms with van der Waals surface area (Å²) in [6, 6.07) is 0. The first-order chi connectivity index (χ1) is 11.4. The number of aliphatic hydroxyl groups excluding tert-OH is 2. The van der Waals surface area contributed by atoms with Crippen LogP contribution in [0.2, 0.25) is 0 Å². The average Bonchev–Trinajstić information content (AvgIpc) is 2.44. The number of carbonyl (C=O) groups is 2. The molecule has 1 aliphatic rings. The molecule has 0 aromatic heterocycles. The van der Waals surface area contributed by atoms with Gasteiger partial charge in [-0.05, 0) is 46.1 Å². The van der Waals surface area contributed by atoms with Crippen LogP contribution in [0.3, 0.4) is 0 Å². The zero-order chi connectivity index (χ0) is 19.5. The van der Waals surface area contributed by atoms with E-state index in [9.17, 15) is 24.9 Å². The Morgan fingerprint density at radius 3 is 2.12 bits per heavy atom. The summed E-state index contributed by atoms with van der Waals surface area (Å²) in [5.74, 6) is -2.72. The highest BCUT2D eigenvalue weighted by atomic mass is 16.3. The van der Waals surface area contributed by atoms with Crippen molar-refractivity contribution in [2.75, 3.05) is 0 Å². The Morgan fingerprint density at radius 2 is 1.68 bits per heavy atom. The van der Waals surface area contributed by atoms with Gasteiger partial charge < -0.3 is 15.3 Å². The van der Waals surface area contributed by atoms with Gasteiger partial charge in [-0.3, -0.25) is 9.59 Å². The van der Waals surface area contributed by atoms with Gasteiger partial charge in [-0.2, -0.15) is 0 Å². The first kappa shape index (κ1) is 20.9. The molecular weight excluding hydrogens is 320 g/mol. The highest BCUT2D eigenvalue weighted by molar-refractivity contribution is 6.26. The molecule has 0 aliphatic heterocycles. The standard InChI is InChI=1S/C20H28O5/c1-11(2)7-8-14-17(22)16(15(21)9-12(3)4)19(24)20(25,18(14)23)10-13(5)6/h7,10,12,22-23,25H,8-9H2,1-6H3. The number of hydrogen-bond donors (Lipinski definition) is 3. The summed E-state index contributed by atoms with van der Waals surface area (Å²) < 4.78 is 0. The highest BCUT2D eigenvalue weighted by Crippen LogP contribution is 2.37. The maximum Gasteiger partial charge on any atom is 0.213 e. The first-order valence-corrected chi connectivity index (χ1v) is 8.37. The third-order valence-electron chi connectivity index (χ3n) is 3.83. The van der Waals surface area contributed by atoms with E-state index in [4.69, 9.17) is 0 Å². The molecule has 0 aromatic carbocycles. The Kier molecular flexibility index (Phi) is 6.54. The smallest absolute Gasteiger partial charge is 0.213 e. The SMILES string of the molecule is CC(C)=CCC1=C(O)C(O)(C=C(C)C)C(=O)C(C(=O)CC(C)C)=C1O. The van der Waals surface area contributed by atoms with E-state index in [1.54, 1.807) is 19.9 Å². The number of Topliss-reactive ketones (excluding diaryl/α,β-unsaturated/α-hetero) is 2. The molecule has 1 unspecified atom stereocenters. The minimum atomic E-state index is -2.34. The van der Waals surface area contributed by atoms with Crippen LogP contribution in [-0.4, -0.2) is 32.5 Å².